The lowest BCUT2D eigenvalue weighted by Gasteiger charge is -2.32. The Kier molecular flexibility index (Phi) is 4.50. The molecule has 0 saturated carbocycles. The molecule has 0 atom stereocenters. The Balaban J connectivity index is 1.80. The van der Waals surface area contributed by atoms with Gasteiger partial charge in [0.1, 0.15) is 5.82 Å². The lowest BCUT2D eigenvalue weighted by molar-refractivity contribution is -0.144. The second-order valence-corrected chi connectivity index (χ2v) is 4.50. The van der Waals surface area contributed by atoms with E-state index in [0.29, 0.717) is 18.9 Å². The van der Waals surface area contributed by atoms with Crippen molar-refractivity contribution in [3.8, 4) is 0 Å². The highest BCUT2D eigenvalue weighted by molar-refractivity contribution is 5.69. The lowest BCUT2D eigenvalue weighted by Crippen LogP contribution is -2.35. The minimum Gasteiger partial charge on any atom is -0.466 e. The van der Waals surface area contributed by atoms with Gasteiger partial charge in [-0.15, -0.1) is 0 Å². The molecule has 0 unspecified atom stereocenters. The van der Waals surface area contributed by atoms with Gasteiger partial charge in [-0.25, -0.2) is 4.98 Å². The minimum atomic E-state index is -0.0737. The molecule has 0 amide bonds. The Morgan fingerprint density at radius 2 is 2.22 bits per heavy atom. The van der Waals surface area contributed by atoms with Crippen molar-refractivity contribution in [2.75, 3.05) is 24.6 Å². The van der Waals surface area contributed by atoms with Crippen LogP contribution in [0.3, 0.4) is 0 Å². The van der Waals surface area contributed by atoms with Crippen LogP contribution in [0.15, 0.2) is 18.6 Å². The summed E-state index contributed by atoms with van der Waals surface area (Å²) < 4.78 is 4.98. The number of carbonyl (C=O) groups excluding carboxylic acids is 1. The first-order chi connectivity index (χ1) is 8.79. The van der Waals surface area contributed by atoms with Gasteiger partial charge in [0.2, 0.25) is 0 Å². The Hall–Kier alpha value is -1.65. The van der Waals surface area contributed by atoms with Crippen LogP contribution >= 0.6 is 0 Å². The maximum Gasteiger partial charge on any atom is 0.306 e. The lowest BCUT2D eigenvalue weighted by atomic mass is 9.94. The van der Waals surface area contributed by atoms with Crippen LogP contribution in [-0.2, 0) is 9.53 Å². The highest BCUT2D eigenvalue weighted by Crippen LogP contribution is 2.23. The smallest absolute Gasteiger partial charge is 0.306 e. The number of aromatic nitrogens is 2. The molecule has 2 rings (SSSR count). The van der Waals surface area contributed by atoms with E-state index in [2.05, 4.69) is 14.9 Å². The Morgan fingerprint density at radius 1 is 1.44 bits per heavy atom. The molecule has 98 valence electrons. The number of carbonyl (C=O) groups is 1. The SMILES string of the molecule is CCOC(=O)CC1CCN(c2cnccn2)CC1. The molecule has 1 aromatic heterocycles. The van der Waals surface area contributed by atoms with E-state index in [1.54, 1.807) is 18.6 Å². The van der Waals surface area contributed by atoms with Crippen LogP contribution < -0.4 is 4.90 Å². The number of piperidine rings is 1. The van der Waals surface area contributed by atoms with Crippen LogP contribution in [-0.4, -0.2) is 35.6 Å². The van der Waals surface area contributed by atoms with E-state index in [1.807, 2.05) is 6.92 Å². The Morgan fingerprint density at radius 3 is 2.83 bits per heavy atom. The van der Waals surface area contributed by atoms with Crippen LogP contribution in [0.1, 0.15) is 26.2 Å². The molecule has 1 aliphatic rings. The topological polar surface area (TPSA) is 55.3 Å². The van der Waals surface area contributed by atoms with Crippen molar-refractivity contribution in [2.45, 2.75) is 26.2 Å². The third kappa shape index (κ3) is 3.42. The highest BCUT2D eigenvalue weighted by atomic mass is 16.5. The Labute approximate surface area is 107 Å². The second kappa shape index (κ2) is 6.33. The number of nitrogens with zero attached hydrogens (tertiary/aromatic N) is 3. The predicted octanol–water partition coefficient (Wildman–Crippen LogP) is 1.65. The van der Waals surface area contributed by atoms with Crippen molar-refractivity contribution in [1.82, 2.24) is 9.97 Å². The number of hydrogen-bond acceptors (Lipinski definition) is 5. The molecule has 0 bridgehead atoms. The maximum absolute atomic E-state index is 11.4. The fourth-order valence-electron chi connectivity index (χ4n) is 2.28. The molecule has 1 fully saturated rings. The first kappa shape index (κ1) is 12.8. The predicted molar refractivity (Wildman–Crippen MR) is 68.2 cm³/mol. The van der Waals surface area contributed by atoms with Crippen molar-refractivity contribution in [2.24, 2.45) is 5.92 Å². The average Bonchev–Trinajstić information content (AvgIpc) is 2.41. The molecule has 0 N–H and O–H groups in total. The molecule has 5 nitrogen and oxygen atoms in total. The van der Waals surface area contributed by atoms with Crippen LogP contribution in [0.4, 0.5) is 5.82 Å². The summed E-state index contributed by atoms with van der Waals surface area (Å²) in [4.78, 5) is 22.0. The molecular formula is C13H19N3O2. The van der Waals surface area contributed by atoms with Crippen LogP contribution in [0.25, 0.3) is 0 Å². The van der Waals surface area contributed by atoms with Gasteiger partial charge >= 0.3 is 5.97 Å². The number of anilines is 1. The molecule has 5 heteroatoms. The summed E-state index contributed by atoms with van der Waals surface area (Å²) in [6.45, 7) is 4.18. The normalized spacial score (nSPS) is 16.6. The summed E-state index contributed by atoms with van der Waals surface area (Å²) >= 11 is 0. The van der Waals surface area contributed by atoms with Gasteiger partial charge in [0, 0.05) is 31.9 Å². The maximum atomic E-state index is 11.4. The largest absolute Gasteiger partial charge is 0.466 e. The molecular weight excluding hydrogens is 230 g/mol. The van der Waals surface area contributed by atoms with Gasteiger partial charge in [-0.3, -0.25) is 9.78 Å². The second-order valence-electron chi connectivity index (χ2n) is 4.50. The third-order valence-corrected chi connectivity index (χ3v) is 3.25. The molecule has 0 aromatic carbocycles. The summed E-state index contributed by atoms with van der Waals surface area (Å²) in [5, 5.41) is 0. The first-order valence-electron chi connectivity index (χ1n) is 6.46. The van der Waals surface area contributed by atoms with Gasteiger partial charge in [-0.05, 0) is 25.7 Å². The molecule has 18 heavy (non-hydrogen) atoms. The minimum absolute atomic E-state index is 0.0737. The summed E-state index contributed by atoms with van der Waals surface area (Å²) in [6, 6.07) is 0. The van der Waals surface area contributed by atoms with E-state index in [-0.39, 0.29) is 5.97 Å². The van der Waals surface area contributed by atoms with Crippen molar-refractivity contribution in [3.63, 3.8) is 0 Å². The standard InChI is InChI=1S/C13H19N3O2/c1-2-18-13(17)9-11-3-7-16(8-4-11)12-10-14-5-6-15-12/h5-6,10-11H,2-4,7-9H2,1H3. The van der Waals surface area contributed by atoms with Crippen LogP contribution in [0.2, 0.25) is 0 Å². The quantitative estimate of drug-likeness (QED) is 0.759. The number of rotatable bonds is 4. The summed E-state index contributed by atoms with van der Waals surface area (Å²) in [6.07, 6.45) is 7.73. The van der Waals surface area contributed by atoms with Gasteiger partial charge in [0.25, 0.3) is 0 Å². The zero-order valence-electron chi connectivity index (χ0n) is 10.7. The fraction of sp³-hybridized carbons (Fsp3) is 0.615. The van der Waals surface area contributed by atoms with E-state index < -0.39 is 0 Å². The van der Waals surface area contributed by atoms with Gasteiger partial charge < -0.3 is 9.64 Å². The molecule has 0 spiro atoms. The summed E-state index contributed by atoms with van der Waals surface area (Å²) in [5.74, 6) is 1.29. The molecule has 1 saturated heterocycles. The van der Waals surface area contributed by atoms with Crippen molar-refractivity contribution < 1.29 is 9.53 Å². The number of hydrogen-bond donors (Lipinski definition) is 0. The third-order valence-electron chi connectivity index (χ3n) is 3.25. The molecule has 0 radical (unpaired) electrons. The summed E-state index contributed by atoms with van der Waals surface area (Å²) in [5.41, 5.74) is 0. The number of ether oxygens (including phenoxy) is 1. The van der Waals surface area contributed by atoms with E-state index in [1.165, 1.54) is 0 Å². The molecule has 0 aliphatic carbocycles. The molecule has 1 aliphatic heterocycles. The van der Waals surface area contributed by atoms with E-state index in [0.717, 1.165) is 31.7 Å². The first-order valence-corrected chi connectivity index (χ1v) is 6.46. The van der Waals surface area contributed by atoms with Gasteiger partial charge in [-0.1, -0.05) is 0 Å². The van der Waals surface area contributed by atoms with Crippen molar-refractivity contribution >= 4 is 11.8 Å². The zero-order valence-corrected chi connectivity index (χ0v) is 10.7. The molecule has 2 heterocycles. The molecule has 1 aromatic rings. The van der Waals surface area contributed by atoms with E-state index in [4.69, 9.17) is 4.74 Å². The van der Waals surface area contributed by atoms with Gasteiger partial charge in [0.05, 0.1) is 12.8 Å². The number of esters is 1. The Bertz CT molecular complexity index is 375. The van der Waals surface area contributed by atoms with E-state index >= 15 is 0 Å². The zero-order chi connectivity index (χ0) is 12.8. The van der Waals surface area contributed by atoms with Crippen LogP contribution in [0.5, 0.6) is 0 Å². The summed E-state index contributed by atoms with van der Waals surface area (Å²) in [7, 11) is 0. The highest BCUT2D eigenvalue weighted by Gasteiger charge is 2.22. The van der Waals surface area contributed by atoms with E-state index in [9.17, 15) is 4.79 Å². The van der Waals surface area contributed by atoms with Gasteiger partial charge in [-0.2, -0.15) is 0 Å². The van der Waals surface area contributed by atoms with Crippen molar-refractivity contribution in [3.05, 3.63) is 18.6 Å². The fourth-order valence-corrected chi connectivity index (χ4v) is 2.28. The average molecular weight is 249 g/mol. The monoisotopic (exact) mass is 249 g/mol. The van der Waals surface area contributed by atoms with Crippen LogP contribution in [0, 0.1) is 5.92 Å². The van der Waals surface area contributed by atoms with Crippen molar-refractivity contribution in [1.29, 1.82) is 0 Å². The van der Waals surface area contributed by atoms with Gasteiger partial charge in [0.15, 0.2) is 0 Å².